The van der Waals surface area contributed by atoms with Crippen molar-refractivity contribution in [2.24, 2.45) is 0 Å². The number of carbonyl (C=O) groups excluding carboxylic acids is 1. The maximum Gasteiger partial charge on any atom is 0.418 e. The number of morpholine rings is 1. The fourth-order valence-electron chi connectivity index (χ4n) is 4.83. The molecular weight excluding hydrogens is 506 g/mol. The summed E-state index contributed by atoms with van der Waals surface area (Å²) in [7, 11) is -3.32. The summed E-state index contributed by atoms with van der Waals surface area (Å²) in [5.41, 5.74) is 1.17. The molecule has 0 bridgehead atoms. The molecule has 1 atom stereocenters. The molecule has 1 saturated heterocycles. The number of pyridine rings is 1. The first-order valence-electron chi connectivity index (χ1n) is 12.8. The monoisotopic (exact) mass is 535 g/mol. The van der Waals surface area contributed by atoms with E-state index in [-0.39, 0.29) is 11.3 Å². The minimum Gasteiger partial charge on any atom is -0.410 e. The van der Waals surface area contributed by atoms with E-state index in [4.69, 9.17) is 19.4 Å². The number of benzene rings is 1. The lowest BCUT2D eigenvalue weighted by Crippen LogP contribution is -2.44. The van der Waals surface area contributed by atoms with E-state index in [9.17, 15) is 13.2 Å². The van der Waals surface area contributed by atoms with Crippen LogP contribution >= 0.6 is 0 Å². The molecule has 198 valence electrons. The summed E-state index contributed by atoms with van der Waals surface area (Å²) in [6.45, 7) is 3.86. The van der Waals surface area contributed by atoms with Crippen molar-refractivity contribution in [2.45, 2.75) is 48.6 Å². The number of ether oxygens (including phenoxy) is 2. The Morgan fingerprint density at radius 2 is 1.92 bits per heavy atom. The molecule has 1 unspecified atom stereocenters. The highest BCUT2D eigenvalue weighted by molar-refractivity contribution is 7.93. The zero-order valence-electron chi connectivity index (χ0n) is 21.0. The Balaban J connectivity index is 1.30. The van der Waals surface area contributed by atoms with Crippen LogP contribution < -0.4 is 15.0 Å². The van der Waals surface area contributed by atoms with Gasteiger partial charge in [-0.15, -0.1) is 0 Å². The lowest BCUT2D eigenvalue weighted by Gasteiger charge is -2.34. The fourth-order valence-corrected chi connectivity index (χ4v) is 7.30. The molecule has 1 amide bonds. The van der Waals surface area contributed by atoms with Crippen LogP contribution in [0.3, 0.4) is 0 Å². The summed E-state index contributed by atoms with van der Waals surface area (Å²) >= 11 is 0. The second-order valence-electron chi connectivity index (χ2n) is 10.1. The van der Waals surface area contributed by atoms with Gasteiger partial charge < -0.3 is 14.4 Å². The summed E-state index contributed by atoms with van der Waals surface area (Å²) < 4.78 is 36.7. The van der Waals surface area contributed by atoms with Crippen LogP contribution in [0.15, 0.2) is 54.7 Å². The van der Waals surface area contributed by atoms with Gasteiger partial charge in [0.2, 0.25) is 0 Å². The van der Waals surface area contributed by atoms with E-state index in [1.165, 1.54) is 0 Å². The van der Waals surface area contributed by atoms with Gasteiger partial charge in [0, 0.05) is 24.4 Å². The molecule has 0 radical (unpaired) electrons. The molecule has 10 nitrogen and oxygen atoms in total. The number of hydrogen-bond donors (Lipinski definition) is 1. The molecule has 6 rings (SSSR count). The molecule has 1 N–H and O–H groups in total. The predicted octanol–water partition coefficient (Wildman–Crippen LogP) is 3.94. The van der Waals surface area contributed by atoms with Crippen molar-refractivity contribution >= 4 is 27.6 Å². The van der Waals surface area contributed by atoms with Gasteiger partial charge in [-0.05, 0) is 56.9 Å². The molecule has 2 saturated carbocycles. The molecule has 1 aromatic carbocycles. The first-order valence-corrected chi connectivity index (χ1v) is 14.4. The fraction of sp³-hybridized carbons (Fsp3) is 0.407. The molecule has 3 fully saturated rings. The second kappa shape index (κ2) is 9.63. The third kappa shape index (κ3) is 4.71. The summed E-state index contributed by atoms with van der Waals surface area (Å²) in [5.74, 6) is 1.82. The van der Waals surface area contributed by atoms with E-state index in [0.717, 1.165) is 12.8 Å². The molecule has 1 aliphatic heterocycles. The van der Waals surface area contributed by atoms with E-state index in [1.54, 1.807) is 42.6 Å². The normalized spacial score (nSPS) is 20.6. The highest BCUT2D eigenvalue weighted by Crippen LogP contribution is 2.57. The van der Waals surface area contributed by atoms with Crippen LogP contribution in [0.25, 0.3) is 11.4 Å². The Labute approximate surface area is 221 Å². The van der Waals surface area contributed by atoms with Gasteiger partial charge in [0.25, 0.3) is 0 Å². The maximum atomic E-state index is 13.4. The molecular formula is C27H29N5O5S. The lowest BCUT2D eigenvalue weighted by atomic mass is 10.2. The third-order valence-electron chi connectivity index (χ3n) is 7.26. The number of nitrogens with one attached hydrogen (secondary N) is 1. The summed E-state index contributed by atoms with van der Waals surface area (Å²) in [6, 6.07) is 14.1. The van der Waals surface area contributed by atoms with Crippen molar-refractivity contribution in [3.8, 4) is 17.1 Å². The Kier molecular flexibility index (Phi) is 6.27. The van der Waals surface area contributed by atoms with Crippen LogP contribution in [0.1, 0.15) is 38.3 Å². The Morgan fingerprint density at radius 3 is 2.58 bits per heavy atom. The van der Waals surface area contributed by atoms with Crippen LogP contribution in [0.5, 0.6) is 5.75 Å². The van der Waals surface area contributed by atoms with Crippen LogP contribution in [0.4, 0.5) is 16.4 Å². The highest BCUT2D eigenvalue weighted by atomic mass is 32.2. The van der Waals surface area contributed by atoms with Crippen molar-refractivity contribution in [1.29, 1.82) is 0 Å². The first-order chi connectivity index (χ1) is 18.4. The zero-order valence-corrected chi connectivity index (χ0v) is 21.9. The first kappa shape index (κ1) is 24.7. The summed E-state index contributed by atoms with van der Waals surface area (Å²) in [4.78, 5) is 28.3. The Morgan fingerprint density at radius 1 is 1.13 bits per heavy atom. The number of para-hydroxylation sites is 1. The number of anilines is 2. The minimum absolute atomic E-state index is 0.0925. The molecule has 11 heteroatoms. The van der Waals surface area contributed by atoms with Gasteiger partial charge in [0.15, 0.2) is 15.7 Å². The third-order valence-corrected chi connectivity index (χ3v) is 10.3. The van der Waals surface area contributed by atoms with Crippen molar-refractivity contribution in [1.82, 2.24) is 15.0 Å². The Bertz CT molecular complexity index is 1440. The standard InChI is InChI=1S/C27H29N5O5S/c1-18-17-36-14-13-32(18)24-15-22(27(11-12-27)38(34,35)21-8-9-21)29-25(31-24)19-7-10-23(28-16-19)30-26(33)37-20-5-3-2-4-6-20/h2-7,10,15-16,18,21H,8-9,11-14,17H2,1H3,(H,28,30,33). The van der Waals surface area contributed by atoms with E-state index in [2.05, 4.69) is 22.1 Å². The van der Waals surface area contributed by atoms with Gasteiger partial charge in [-0.25, -0.2) is 28.2 Å². The number of nitrogens with zero attached hydrogens (tertiary/aromatic N) is 4. The number of sulfone groups is 1. The van der Waals surface area contributed by atoms with Gasteiger partial charge in [0.05, 0.1) is 30.2 Å². The zero-order chi connectivity index (χ0) is 26.3. The quantitative estimate of drug-likeness (QED) is 0.479. The average molecular weight is 536 g/mol. The van der Waals surface area contributed by atoms with Gasteiger partial charge in [0.1, 0.15) is 22.1 Å². The van der Waals surface area contributed by atoms with Crippen LogP contribution in [-0.4, -0.2) is 60.5 Å². The van der Waals surface area contributed by atoms with Crippen molar-refractivity contribution < 1.29 is 22.7 Å². The van der Waals surface area contributed by atoms with E-state index in [1.807, 2.05) is 12.1 Å². The van der Waals surface area contributed by atoms with Gasteiger partial charge in [-0.3, -0.25) is 5.32 Å². The average Bonchev–Trinajstić information content (AvgIpc) is 3.83. The smallest absolute Gasteiger partial charge is 0.410 e. The topological polar surface area (TPSA) is 124 Å². The number of rotatable bonds is 7. The van der Waals surface area contributed by atoms with Crippen molar-refractivity contribution in [3.05, 3.63) is 60.4 Å². The van der Waals surface area contributed by atoms with Crippen molar-refractivity contribution in [2.75, 3.05) is 30.0 Å². The van der Waals surface area contributed by atoms with Crippen LogP contribution in [0.2, 0.25) is 0 Å². The lowest BCUT2D eigenvalue weighted by molar-refractivity contribution is 0.0985. The van der Waals surface area contributed by atoms with Crippen LogP contribution in [-0.2, 0) is 19.3 Å². The Hall–Kier alpha value is -3.57. The van der Waals surface area contributed by atoms with Gasteiger partial charge in [-0.1, -0.05) is 18.2 Å². The molecule has 3 heterocycles. The largest absolute Gasteiger partial charge is 0.418 e. The molecule has 2 aliphatic carbocycles. The number of hydrogen-bond acceptors (Lipinski definition) is 9. The highest BCUT2D eigenvalue weighted by Gasteiger charge is 2.61. The molecule has 38 heavy (non-hydrogen) atoms. The molecule has 3 aliphatic rings. The van der Waals surface area contributed by atoms with E-state index >= 15 is 0 Å². The minimum atomic E-state index is -3.32. The molecule has 2 aromatic heterocycles. The van der Waals surface area contributed by atoms with Crippen LogP contribution in [0, 0.1) is 0 Å². The van der Waals surface area contributed by atoms with Gasteiger partial charge in [-0.2, -0.15) is 0 Å². The maximum absolute atomic E-state index is 13.4. The predicted molar refractivity (Wildman–Crippen MR) is 142 cm³/mol. The molecule has 3 aromatic rings. The second-order valence-corrected chi connectivity index (χ2v) is 12.6. The summed E-state index contributed by atoms with van der Waals surface area (Å²) in [6.07, 6.45) is 3.51. The van der Waals surface area contributed by atoms with Gasteiger partial charge >= 0.3 is 6.09 Å². The molecule has 0 spiro atoms. The van der Waals surface area contributed by atoms with E-state index < -0.39 is 20.7 Å². The van der Waals surface area contributed by atoms with E-state index in [0.29, 0.717) is 67.1 Å². The number of amides is 1. The summed E-state index contributed by atoms with van der Waals surface area (Å²) in [5, 5.41) is 2.34. The van der Waals surface area contributed by atoms with Crippen molar-refractivity contribution in [3.63, 3.8) is 0 Å². The SMILES string of the molecule is CC1COCCN1c1cc(C2(S(=O)(=O)C3CC3)CC2)nc(-c2ccc(NC(=O)Oc3ccccc3)nc2)n1. The number of aromatic nitrogens is 3. The number of carbonyl (C=O) groups is 1.